The van der Waals surface area contributed by atoms with Crippen molar-refractivity contribution in [1.82, 2.24) is 0 Å². The predicted octanol–water partition coefficient (Wildman–Crippen LogP) is -5.13. The number of hydrogen-bond donors (Lipinski definition) is 0. The summed E-state index contributed by atoms with van der Waals surface area (Å²) in [7, 11) is 0. The average Bonchev–Trinajstić information content (AvgIpc) is 1.76. The first-order valence-electron chi connectivity index (χ1n) is 3.63. The van der Waals surface area contributed by atoms with Crippen molar-refractivity contribution in [2.45, 2.75) is 27.7 Å². The van der Waals surface area contributed by atoms with Gasteiger partial charge in [0.2, 0.25) is 0 Å². The molecule has 0 rings (SSSR count). The largest absolute Gasteiger partial charge is 4.00 e. The molecule has 0 aliphatic rings. The zero-order chi connectivity index (χ0) is 14.3. The van der Waals surface area contributed by atoms with Gasteiger partial charge in [0.15, 0.2) is 0 Å². The molecule has 0 saturated heterocycles. The monoisotopic (exact) mass is 352 g/mol. The molecule has 10 heteroatoms. The van der Waals surface area contributed by atoms with Gasteiger partial charge in [-0.1, -0.05) is 0 Å². The number of aliphatic carboxylic acids is 4. The Morgan fingerprint density at radius 1 is 0.611 bits per heavy atom. The molecule has 0 N–H and O–H groups in total. The summed E-state index contributed by atoms with van der Waals surface area (Å²) in [4.78, 5) is 35.6. The molecule has 0 unspecified atom stereocenters. The molecule has 0 aromatic heterocycles. The van der Waals surface area contributed by atoms with E-state index in [0.717, 1.165) is 27.7 Å². The van der Waals surface area contributed by atoms with Crippen molar-refractivity contribution >= 4 is 46.9 Å². The number of carboxylic acids is 4. The maximum Gasteiger partial charge on any atom is 4.00 e. The number of carbonyl (C=O) groups excluding carboxylic acids is 4. The van der Waals surface area contributed by atoms with E-state index >= 15 is 0 Å². The molecule has 0 bridgehead atoms. The van der Waals surface area contributed by atoms with Crippen molar-refractivity contribution in [3.8, 4) is 0 Å². The third-order valence-electron chi connectivity index (χ3n) is 0. The summed E-state index contributed by atoms with van der Waals surface area (Å²) in [6, 6.07) is 0. The minimum atomic E-state index is -1.08. The molecular formula is C8H14MgO8Zr. The fraction of sp³-hybridized carbons (Fsp3) is 0.500. The van der Waals surface area contributed by atoms with Crippen molar-refractivity contribution < 1.29 is 68.7 Å². The van der Waals surface area contributed by atoms with Crippen molar-refractivity contribution in [3.63, 3.8) is 0 Å². The molecule has 0 aliphatic carbocycles. The average molecular weight is 354 g/mol. The van der Waals surface area contributed by atoms with Gasteiger partial charge in [-0.3, -0.25) is 0 Å². The third-order valence-corrected chi connectivity index (χ3v) is 0. The van der Waals surface area contributed by atoms with E-state index < -0.39 is 23.9 Å². The number of carboxylic acid groups (broad SMARTS) is 4. The first kappa shape index (κ1) is 36.0. The van der Waals surface area contributed by atoms with Crippen molar-refractivity contribution in [3.05, 3.63) is 0 Å². The molecular weight excluding hydrogens is 340 g/mol. The standard InChI is InChI=1S/4C2H4O2.Mg.Zr.2H/c4*1-2(3)4;;;;/h4*1H3,(H,3,4);;;;/q;;;;+2;+4;2*-1/p-4. The third kappa shape index (κ3) is 14800. The quantitative estimate of drug-likeness (QED) is 0.390. The summed E-state index contributed by atoms with van der Waals surface area (Å²) >= 11 is 0. The van der Waals surface area contributed by atoms with E-state index in [1.807, 2.05) is 0 Å². The second kappa shape index (κ2) is 30.0. The van der Waals surface area contributed by atoms with Crippen LogP contribution in [0.3, 0.4) is 0 Å². The second-order valence-corrected chi connectivity index (χ2v) is 1.97. The van der Waals surface area contributed by atoms with Crippen LogP contribution in [-0.4, -0.2) is 46.9 Å². The SMILES string of the molecule is CC(=O)[O-].CC(=O)[O-].CC(=O)[O-].CC(=O)[O-].[H-].[H-].[Mg+2].[Zr+4]. The topological polar surface area (TPSA) is 161 Å². The van der Waals surface area contributed by atoms with Crippen LogP contribution in [0.5, 0.6) is 0 Å². The molecule has 0 heterocycles. The Hall–Kier alpha value is -0.471. The Morgan fingerprint density at radius 3 is 0.611 bits per heavy atom. The Balaban J connectivity index is -0.0000000150. The molecule has 0 fully saturated rings. The minimum Gasteiger partial charge on any atom is -1.00 e. The van der Waals surface area contributed by atoms with E-state index in [1.54, 1.807) is 0 Å². The molecule has 0 atom stereocenters. The summed E-state index contributed by atoms with van der Waals surface area (Å²) in [6.45, 7) is 3.89. The zero-order valence-corrected chi connectivity index (χ0v) is 14.3. The second-order valence-electron chi connectivity index (χ2n) is 1.97. The van der Waals surface area contributed by atoms with Gasteiger partial charge in [0.1, 0.15) is 0 Å². The van der Waals surface area contributed by atoms with Gasteiger partial charge < -0.3 is 42.5 Å². The van der Waals surface area contributed by atoms with Crippen LogP contribution < -0.4 is 20.4 Å². The molecule has 0 amide bonds. The van der Waals surface area contributed by atoms with E-state index in [4.69, 9.17) is 39.6 Å². The van der Waals surface area contributed by atoms with Gasteiger partial charge in [0.25, 0.3) is 0 Å². The van der Waals surface area contributed by atoms with E-state index in [9.17, 15) is 0 Å². The van der Waals surface area contributed by atoms with Crippen molar-refractivity contribution in [1.29, 1.82) is 0 Å². The maximum atomic E-state index is 8.89. The first-order chi connectivity index (χ1) is 6.93. The molecule has 18 heavy (non-hydrogen) atoms. The molecule has 0 spiro atoms. The van der Waals surface area contributed by atoms with Gasteiger partial charge in [0.05, 0.1) is 0 Å². The van der Waals surface area contributed by atoms with Gasteiger partial charge in [-0.2, -0.15) is 0 Å². The van der Waals surface area contributed by atoms with E-state index in [1.165, 1.54) is 0 Å². The smallest absolute Gasteiger partial charge is 1.00 e. The van der Waals surface area contributed by atoms with Crippen LogP contribution in [0.25, 0.3) is 0 Å². The van der Waals surface area contributed by atoms with Gasteiger partial charge in [-0.25, -0.2) is 0 Å². The summed E-state index contributed by atoms with van der Waals surface area (Å²) < 4.78 is 0. The van der Waals surface area contributed by atoms with Crippen LogP contribution >= 0.6 is 0 Å². The number of hydrogen-bond acceptors (Lipinski definition) is 8. The van der Waals surface area contributed by atoms with E-state index in [0.29, 0.717) is 0 Å². The fourth-order valence-electron chi connectivity index (χ4n) is 0. The van der Waals surface area contributed by atoms with E-state index in [-0.39, 0.29) is 52.1 Å². The summed E-state index contributed by atoms with van der Waals surface area (Å²) in [5.41, 5.74) is 0. The van der Waals surface area contributed by atoms with Crippen LogP contribution in [0, 0.1) is 0 Å². The van der Waals surface area contributed by atoms with Crippen molar-refractivity contribution in [2.75, 3.05) is 0 Å². The van der Waals surface area contributed by atoms with Crippen LogP contribution in [0.1, 0.15) is 30.5 Å². The normalized spacial score (nSPS) is 5.56. The molecule has 0 aromatic carbocycles. The molecule has 100 valence electrons. The summed E-state index contributed by atoms with van der Waals surface area (Å²) in [6.07, 6.45) is 0. The molecule has 0 aliphatic heterocycles. The number of rotatable bonds is 0. The molecule has 0 radical (unpaired) electrons. The predicted molar refractivity (Wildman–Crippen MR) is 50.7 cm³/mol. The van der Waals surface area contributed by atoms with Crippen LogP contribution in [-0.2, 0) is 45.4 Å². The van der Waals surface area contributed by atoms with E-state index in [2.05, 4.69) is 0 Å². The van der Waals surface area contributed by atoms with Gasteiger partial charge >= 0.3 is 49.3 Å². The fourth-order valence-corrected chi connectivity index (χ4v) is 0. The van der Waals surface area contributed by atoms with Crippen LogP contribution in [0.4, 0.5) is 0 Å². The molecule has 0 saturated carbocycles. The summed E-state index contributed by atoms with van der Waals surface area (Å²) in [5, 5.41) is 35.6. The minimum absolute atomic E-state index is 0. The zero-order valence-electron chi connectivity index (χ0n) is 12.5. The maximum absolute atomic E-state index is 8.89. The van der Waals surface area contributed by atoms with Crippen LogP contribution in [0.15, 0.2) is 0 Å². The Kier molecular flexibility index (Phi) is 60.0. The summed E-state index contributed by atoms with van der Waals surface area (Å²) in [5.74, 6) is -4.33. The first-order valence-corrected chi connectivity index (χ1v) is 3.63. The van der Waals surface area contributed by atoms with Crippen molar-refractivity contribution in [2.24, 2.45) is 0 Å². The number of carbonyl (C=O) groups is 4. The molecule has 0 aromatic rings. The molecule has 8 nitrogen and oxygen atoms in total. The van der Waals surface area contributed by atoms with Gasteiger partial charge in [-0.05, 0) is 27.7 Å². The van der Waals surface area contributed by atoms with Crippen LogP contribution in [0.2, 0.25) is 0 Å². The Bertz CT molecular complexity index is 177. The van der Waals surface area contributed by atoms with Gasteiger partial charge in [0, 0.05) is 23.9 Å². The Morgan fingerprint density at radius 2 is 0.611 bits per heavy atom. The Labute approximate surface area is 143 Å². The van der Waals surface area contributed by atoms with Gasteiger partial charge in [-0.15, -0.1) is 0 Å².